The summed E-state index contributed by atoms with van der Waals surface area (Å²) in [6.07, 6.45) is 1.36. The average Bonchev–Trinajstić information content (AvgIpc) is 2.34. The normalized spacial score (nSPS) is 11.4. The molecule has 1 rings (SSSR count). The predicted molar refractivity (Wildman–Crippen MR) is 76.8 cm³/mol. The Kier molecular flexibility index (Phi) is 5.87. The molecule has 2 N–H and O–H groups in total. The molecule has 1 aromatic rings. The molecule has 7 heteroatoms. The second kappa shape index (κ2) is 7.42. The minimum Gasteiger partial charge on any atom is -0.274 e. The first-order chi connectivity index (χ1) is 8.99. The lowest BCUT2D eigenvalue weighted by Gasteiger charge is -2.02. The maximum absolute atomic E-state index is 10.9. The highest BCUT2D eigenvalue weighted by molar-refractivity contribution is 9.10. The van der Waals surface area contributed by atoms with E-state index in [0.717, 1.165) is 10.0 Å². The van der Waals surface area contributed by atoms with Crippen LogP contribution in [0.1, 0.15) is 19.4 Å². The molecule has 0 saturated carbocycles. The Morgan fingerprint density at radius 2 is 1.68 bits per heavy atom. The smallest absolute Gasteiger partial charge is 0.236 e. The lowest BCUT2D eigenvalue weighted by Crippen LogP contribution is -2.19. The number of benzene rings is 1. The molecule has 0 heterocycles. The summed E-state index contributed by atoms with van der Waals surface area (Å²) in [4.78, 5) is 21.6. The zero-order valence-corrected chi connectivity index (χ0v) is 12.1. The molecule has 0 spiro atoms. The lowest BCUT2D eigenvalue weighted by molar-refractivity contribution is -0.119. The van der Waals surface area contributed by atoms with Crippen molar-refractivity contribution >= 4 is 39.7 Å². The Morgan fingerprint density at radius 1 is 1.11 bits per heavy atom. The van der Waals surface area contributed by atoms with Gasteiger partial charge in [-0.2, -0.15) is 10.2 Å². The fourth-order valence-electron chi connectivity index (χ4n) is 1.11. The molecular formula is C12H13BrN4O2. The van der Waals surface area contributed by atoms with Crippen LogP contribution in [0.25, 0.3) is 0 Å². The van der Waals surface area contributed by atoms with E-state index in [1.165, 1.54) is 20.1 Å². The van der Waals surface area contributed by atoms with Crippen molar-refractivity contribution in [3.05, 3.63) is 34.3 Å². The van der Waals surface area contributed by atoms with Crippen molar-refractivity contribution < 1.29 is 9.59 Å². The summed E-state index contributed by atoms with van der Waals surface area (Å²) in [7, 11) is 0. The Morgan fingerprint density at radius 3 is 2.21 bits per heavy atom. The van der Waals surface area contributed by atoms with Gasteiger partial charge in [-0.3, -0.25) is 9.59 Å². The molecule has 6 nitrogen and oxygen atoms in total. The van der Waals surface area contributed by atoms with E-state index in [0.29, 0.717) is 5.71 Å². The van der Waals surface area contributed by atoms with Gasteiger partial charge >= 0.3 is 0 Å². The number of nitrogens with one attached hydrogen (secondary N) is 2. The minimum absolute atomic E-state index is 0.286. The van der Waals surface area contributed by atoms with E-state index in [2.05, 4.69) is 37.0 Å². The number of nitrogens with zero attached hydrogens (tertiary/aromatic N) is 2. The Hall–Kier alpha value is -2.02. The zero-order valence-electron chi connectivity index (χ0n) is 10.5. The largest absolute Gasteiger partial charge is 0.274 e. The Balaban J connectivity index is 2.94. The average molecular weight is 325 g/mol. The number of carbonyl (C=O) groups is 2. The first-order valence-electron chi connectivity index (χ1n) is 5.39. The number of hydrogen-bond acceptors (Lipinski definition) is 4. The number of rotatable bonds is 4. The lowest BCUT2D eigenvalue weighted by atomic mass is 10.1. The van der Waals surface area contributed by atoms with Crippen LogP contribution in [0.3, 0.4) is 0 Å². The van der Waals surface area contributed by atoms with Crippen molar-refractivity contribution in [2.75, 3.05) is 0 Å². The van der Waals surface area contributed by atoms with E-state index >= 15 is 0 Å². The van der Waals surface area contributed by atoms with Crippen LogP contribution in [0.2, 0.25) is 0 Å². The predicted octanol–water partition coefficient (Wildman–Crippen LogP) is 1.41. The van der Waals surface area contributed by atoms with Crippen molar-refractivity contribution in [2.45, 2.75) is 13.8 Å². The van der Waals surface area contributed by atoms with Gasteiger partial charge in [-0.05, 0) is 12.1 Å². The Labute approximate surface area is 119 Å². The summed E-state index contributed by atoms with van der Waals surface area (Å²) in [6, 6.07) is 7.30. The topological polar surface area (TPSA) is 82.9 Å². The van der Waals surface area contributed by atoms with Gasteiger partial charge < -0.3 is 0 Å². The second-order valence-corrected chi connectivity index (χ2v) is 4.51. The highest BCUT2D eigenvalue weighted by atomic mass is 79.9. The van der Waals surface area contributed by atoms with Crippen LogP contribution in [-0.4, -0.2) is 23.7 Å². The minimum atomic E-state index is -0.289. The van der Waals surface area contributed by atoms with Gasteiger partial charge in [-0.25, -0.2) is 10.9 Å². The number of hydrogen-bond donors (Lipinski definition) is 2. The highest BCUT2D eigenvalue weighted by Crippen LogP contribution is 2.10. The van der Waals surface area contributed by atoms with E-state index in [4.69, 9.17) is 0 Å². The third kappa shape index (κ3) is 5.91. The van der Waals surface area contributed by atoms with Gasteiger partial charge in [0, 0.05) is 23.9 Å². The van der Waals surface area contributed by atoms with Gasteiger partial charge in [0.1, 0.15) is 5.71 Å². The van der Waals surface area contributed by atoms with E-state index in [-0.39, 0.29) is 11.8 Å². The van der Waals surface area contributed by atoms with E-state index in [1.54, 1.807) is 0 Å². The molecule has 0 bridgehead atoms. The molecule has 1 aromatic carbocycles. The molecule has 0 fully saturated rings. The summed E-state index contributed by atoms with van der Waals surface area (Å²) in [5.74, 6) is -0.575. The molecule has 0 aliphatic carbocycles. The third-order valence-electron chi connectivity index (χ3n) is 1.88. The second-order valence-electron chi connectivity index (χ2n) is 3.60. The van der Waals surface area contributed by atoms with Crippen molar-refractivity contribution in [1.82, 2.24) is 10.9 Å². The van der Waals surface area contributed by atoms with Crippen molar-refractivity contribution in [3.8, 4) is 0 Å². The first-order valence-corrected chi connectivity index (χ1v) is 6.18. The van der Waals surface area contributed by atoms with Crippen LogP contribution in [0, 0.1) is 0 Å². The van der Waals surface area contributed by atoms with Crippen LogP contribution in [-0.2, 0) is 9.59 Å². The molecule has 2 amide bonds. The van der Waals surface area contributed by atoms with Gasteiger partial charge in [-0.1, -0.05) is 28.1 Å². The van der Waals surface area contributed by atoms with Crippen molar-refractivity contribution in [1.29, 1.82) is 0 Å². The molecule has 100 valence electrons. The summed E-state index contributed by atoms with van der Waals surface area (Å²) in [5, 5.41) is 7.65. The number of amides is 2. The van der Waals surface area contributed by atoms with Crippen LogP contribution in [0.5, 0.6) is 0 Å². The van der Waals surface area contributed by atoms with E-state index in [9.17, 15) is 9.59 Å². The van der Waals surface area contributed by atoms with Crippen LogP contribution >= 0.6 is 15.9 Å². The summed E-state index contributed by atoms with van der Waals surface area (Å²) >= 11 is 3.33. The Bertz CT molecular complexity index is 523. The number of halogens is 1. The first kappa shape index (κ1) is 15.0. The molecule has 0 atom stereocenters. The summed E-state index contributed by atoms with van der Waals surface area (Å²) in [6.45, 7) is 2.70. The van der Waals surface area contributed by atoms with Gasteiger partial charge in [0.15, 0.2) is 0 Å². The molecule has 0 saturated heterocycles. The molecular weight excluding hydrogens is 312 g/mol. The van der Waals surface area contributed by atoms with Crippen LogP contribution in [0.4, 0.5) is 0 Å². The molecule has 0 unspecified atom stereocenters. The monoisotopic (exact) mass is 324 g/mol. The number of carbonyl (C=O) groups excluding carboxylic acids is 2. The fraction of sp³-hybridized carbons (Fsp3) is 0.167. The van der Waals surface area contributed by atoms with Gasteiger partial charge in [0.2, 0.25) is 11.8 Å². The van der Waals surface area contributed by atoms with Crippen LogP contribution in [0.15, 0.2) is 38.9 Å². The summed E-state index contributed by atoms with van der Waals surface area (Å²) < 4.78 is 0.925. The number of hydrazone groups is 2. The fourth-order valence-corrected chi connectivity index (χ4v) is 1.38. The zero-order chi connectivity index (χ0) is 14.3. The van der Waals surface area contributed by atoms with Gasteiger partial charge in [0.25, 0.3) is 0 Å². The highest BCUT2D eigenvalue weighted by Gasteiger charge is 2.02. The molecule has 0 aliphatic heterocycles. The standard InChI is InChI=1S/C12H13BrN4O2/c1-8(18)15-14-7-12(17-16-9(2)19)10-3-5-11(13)6-4-10/h3-7H,1-2H3,(H,15,18)(H,16,19)/b14-7+,17-12+. The molecule has 19 heavy (non-hydrogen) atoms. The van der Waals surface area contributed by atoms with Crippen molar-refractivity contribution in [3.63, 3.8) is 0 Å². The maximum Gasteiger partial charge on any atom is 0.236 e. The van der Waals surface area contributed by atoms with Crippen LogP contribution < -0.4 is 10.9 Å². The van der Waals surface area contributed by atoms with E-state index < -0.39 is 0 Å². The summed E-state index contributed by atoms with van der Waals surface area (Å²) in [5.41, 5.74) is 5.79. The molecule has 0 aliphatic rings. The van der Waals surface area contributed by atoms with Crippen molar-refractivity contribution in [2.24, 2.45) is 10.2 Å². The SMILES string of the molecule is CC(=O)N/N=C(\C=N\NC(C)=O)c1ccc(Br)cc1. The van der Waals surface area contributed by atoms with E-state index in [1.807, 2.05) is 24.3 Å². The molecule has 0 aromatic heterocycles. The third-order valence-corrected chi connectivity index (χ3v) is 2.41. The maximum atomic E-state index is 10.9. The van der Waals surface area contributed by atoms with Gasteiger partial charge in [0.05, 0.1) is 6.21 Å². The quantitative estimate of drug-likeness (QED) is 0.648. The molecule has 0 radical (unpaired) electrons. The van der Waals surface area contributed by atoms with Gasteiger partial charge in [-0.15, -0.1) is 0 Å².